The lowest BCUT2D eigenvalue weighted by Crippen LogP contribution is -2.26. The zero-order valence-electron chi connectivity index (χ0n) is 20.4. The Hall–Kier alpha value is -3.20. The van der Waals surface area contributed by atoms with Gasteiger partial charge in [-0.1, -0.05) is 81.8 Å². The summed E-state index contributed by atoms with van der Waals surface area (Å²) in [7, 11) is 0. The van der Waals surface area contributed by atoms with Gasteiger partial charge in [-0.15, -0.1) is 0 Å². The second-order valence-electron chi connectivity index (χ2n) is 7.21. The minimum atomic E-state index is -0.169. The van der Waals surface area contributed by atoms with Crippen LogP contribution in [0.2, 0.25) is 0 Å². The lowest BCUT2D eigenvalue weighted by atomic mass is 10.00. The largest absolute Gasteiger partial charge is 0.382 e. The number of benzene rings is 1. The zero-order valence-corrected chi connectivity index (χ0v) is 20.4. The molecule has 0 aliphatic rings. The third kappa shape index (κ3) is 10.7. The van der Waals surface area contributed by atoms with E-state index in [0.717, 1.165) is 29.7 Å². The summed E-state index contributed by atoms with van der Waals surface area (Å²) in [6.45, 7) is 25.2. The third-order valence-electron chi connectivity index (χ3n) is 4.80. The third-order valence-corrected chi connectivity index (χ3v) is 4.80. The van der Waals surface area contributed by atoms with E-state index in [2.05, 4.69) is 62.6 Å². The highest BCUT2D eigenvalue weighted by molar-refractivity contribution is 5.54. The van der Waals surface area contributed by atoms with Crippen LogP contribution in [0.1, 0.15) is 51.7 Å². The molecule has 1 rings (SSSR count). The Morgan fingerprint density at radius 3 is 2.28 bits per heavy atom. The standard InChI is InChI=1S/C20H30N2.C9H9F/c1-8-16(6)22-17(7)20(11-4)14-18(9-2)13-19(10-3)15-21-12-5;1-3-8-6-4-5-7(2)9(8)10/h9-12,14-15,17,22H,2-3,6,8,13H2,1,4-5,7H3;3-6H,1H2,2H3/b18-14+,19-15+,20-11+,21-12?;. The molecule has 0 fully saturated rings. The van der Waals surface area contributed by atoms with Crippen LogP contribution >= 0.6 is 0 Å². The Bertz CT molecular complexity index is 898. The molecular formula is C29H39FN2. The second-order valence-corrected chi connectivity index (χ2v) is 7.21. The molecule has 0 saturated heterocycles. The van der Waals surface area contributed by atoms with Gasteiger partial charge in [0.15, 0.2) is 0 Å². The number of rotatable bonds is 11. The monoisotopic (exact) mass is 434 g/mol. The molecule has 32 heavy (non-hydrogen) atoms. The Balaban J connectivity index is 0.000000792. The molecule has 1 unspecified atom stereocenters. The van der Waals surface area contributed by atoms with Crippen molar-refractivity contribution in [2.24, 2.45) is 4.99 Å². The molecule has 0 amide bonds. The van der Waals surface area contributed by atoms with Crippen LogP contribution in [0.5, 0.6) is 0 Å². The number of hydrogen-bond donors (Lipinski definition) is 1. The Morgan fingerprint density at radius 2 is 1.81 bits per heavy atom. The van der Waals surface area contributed by atoms with Gasteiger partial charge in [-0.05, 0) is 62.8 Å². The summed E-state index contributed by atoms with van der Waals surface area (Å²) in [5.74, 6) is -0.169. The van der Waals surface area contributed by atoms with Crippen molar-refractivity contribution in [2.75, 3.05) is 0 Å². The summed E-state index contributed by atoms with van der Waals surface area (Å²) in [5, 5.41) is 3.41. The minimum absolute atomic E-state index is 0.169. The number of hydrogen-bond acceptors (Lipinski definition) is 2. The first-order valence-corrected chi connectivity index (χ1v) is 10.9. The number of aliphatic imine (C=N–C) groups is 1. The highest BCUT2D eigenvalue weighted by Crippen LogP contribution is 2.18. The molecule has 0 spiro atoms. The molecule has 0 aromatic heterocycles. The van der Waals surface area contributed by atoms with Crippen LogP contribution in [0.4, 0.5) is 4.39 Å². The highest BCUT2D eigenvalue weighted by atomic mass is 19.1. The molecule has 1 aromatic rings. The van der Waals surface area contributed by atoms with Crippen molar-refractivity contribution in [3.05, 3.63) is 114 Å². The van der Waals surface area contributed by atoms with Gasteiger partial charge in [-0.2, -0.15) is 0 Å². The van der Waals surface area contributed by atoms with Crippen molar-refractivity contribution in [1.82, 2.24) is 5.32 Å². The van der Waals surface area contributed by atoms with Crippen molar-refractivity contribution in [2.45, 2.75) is 53.5 Å². The molecule has 0 bridgehead atoms. The van der Waals surface area contributed by atoms with Crippen LogP contribution in [0.25, 0.3) is 6.08 Å². The van der Waals surface area contributed by atoms with E-state index >= 15 is 0 Å². The summed E-state index contributed by atoms with van der Waals surface area (Å²) in [5.41, 5.74) is 5.70. The van der Waals surface area contributed by atoms with E-state index in [9.17, 15) is 4.39 Å². The molecule has 3 heteroatoms. The van der Waals surface area contributed by atoms with Gasteiger partial charge < -0.3 is 5.32 Å². The van der Waals surface area contributed by atoms with E-state index in [4.69, 9.17) is 0 Å². The van der Waals surface area contributed by atoms with Gasteiger partial charge in [-0.25, -0.2) is 4.39 Å². The van der Waals surface area contributed by atoms with Crippen LogP contribution in [-0.4, -0.2) is 12.3 Å². The average Bonchev–Trinajstić information content (AvgIpc) is 2.80. The molecular weight excluding hydrogens is 395 g/mol. The lowest BCUT2D eigenvalue weighted by molar-refractivity contribution is 0.616. The number of halogens is 1. The van der Waals surface area contributed by atoms with E-state index in [-0.39, 0.29) is 11.9 Å². The van der Waals surface area contributed by atoms with E-state index in [1.807, 2.05) is 38.3 Å². The predicted octanol–water partition coefficient (Wildman–Crippen LogP) is 8.27. The SMILES string of the molecule is C=C/C(=C\N=CC)C/C(C=C)=C/C(=C\C)C(C)NC(=C)CC.C=Cc1cccc(C)c1F. The molecule has 2 nitrogen and oxygen atoms in total. The number of nitrogens with zero attached hydrogens (tertiary/aromatic N) is 1. The number of allylic oxidation sites excluding steroid dienone is 6. The fraction of sp³-hybridized carbons (Fsp3) is 0.276. The van der Waals surface area contributed by atoms with Gasteiger partial charge in [0, 0.05) is 29.7 Å². The smallest absolute Gasteiger partial charge is 0.133 e. The molecule has 0 aliphatic carbocycles. The fourth-order valence-electron chi connectivity index (χ4n) is 2.75. The van der Waals surface area contributed by atoms with E-state index in [1.165, 1.54) is 11.6 Å². The maximum Gasteiger partial charge on any atom is 0.133 e. The predicted molar refractivity (Wildman–Crippen MR) is 142 cm³/mol. The zero-order chi connectivity index (χ0) is 24.5. The molecule has 0 aliphatic heterocycles. The van der Waals surface area contributed by atoms with Crippen molar-refractivity contribution >= 4 is 12.3 Å². The van der Waals surface area contributed by atoms with Crippen LogP contribution in [-0.2, 0) is 0 Å². The van der Waals surface area contributed by atoms with E-state index in [0.29, 0.717) is 11.1 Å². The minimum Gasteiger partial charge on any atom is -0.382 e. The van der Waals surface area contributed by atoms with Crippen LogP contribution in [0, 0.1) is 12.7 Å². The first-order chi connectivity index (χ1) is 15.3. The van der Waals surface area contributed by atoms with Gasteiger partial charge in [0.25, 0.3) is 0 Å². The molecule has 0 radical (unpaired) electrons. The Morgan fingerprint density at radius 1 is 1.16 bits per heavy atom. The first kappa shape index (κ1) is 28.8. The van der Waals surface area contributed by atoms with Crippen molar-refractivity contribution < 1.29 is 4.39 Å². The molecule has 1 N–H and O–H groups in total. The van der Waals surface area contributed by atoms with Crippen molar-refractivity contribution in [3.8, 4) is 0 Å². The summed E-state index contributed by atoms with van der Waals surface area (Å²) < 4.78 is 12.9. The summed E-state index contributed by atoms with van der Waals surface area (Å²) in [6, 6.07) is 5.48. The molecule has 172 valence electrons. The normalized spacial score (nSPS) is 13.1. The average molecular weight is 435 g/mol. The summed E-state index contributed by atoms with van der Waals surface area (Å²) in [4.78, 5) is 4.16. The van der Waals surface area contributed by atoms with Gasteiger partial charge in [-0.3, -0.25) is 4.99 Å². The molecule has 1 aromatic carbocycles. The topological polar surface area (TPSA) is 24.4 Å². The molecule has 0 saturated carbocycles. The first-order valence-electron chi connectivity index (χ1n) is 10.9. The van der Waals surface area contributed by atoms with Crippen molar-refractivity contribution in [1.29, 1.82) is 0 Å². The fourth-order valence-corrected chi connectivity index (χ4v) is 2.75. The molecule has 1 atom stereocenters. The highest BCUT2D eigenvalue weighted by Gasteiger charge is 2.07. The van der Waals surface area contributed by atoms with Gasteiger partial charge in [0.2, 0.25) is 0 Å². The quantitative estimate of drug-likeness (QED) is 0.275. The van der Waals surface area contributed by atoms with Gasteiger partial charge >= 0.3 is 0 Å². The van der Waals surface area contributed by atoms with Crippen LogP contribution < -0.4 is 5.32 Å². The molecule has 0 heterocycles. The lowest BCUT2D eigenvalue weighted by Gasteiger charge is -2.18. The van der Waals surface area contributed by atoms with E-state index in [1.54, 1.807) is 25.3 Å². The van der Waals surface area contributed by atoms with Gasteiger partial charge in [0.05, 0.1) is 0 Å². The van der Waals surface area contributed by atoms with Gasteiger partial charge in [0.1, 0.15) is 5.82 Å². The summed E-state index contributed by atoms with van der Waals surface area (Å²) >= 11 is 0. The van der Waals surface area contributed by atoms with E-state index < -0.39 is 0 Å². The Labute approximate surface area is 195 Å². The number of aryl methyl sites for hydroxylation is 1. The Kier molecular flexibility index (Phi) is 14.8. The van der Waals surface area contributed by atoms with Crippen LogP contribution in [0.3, 0.4) is 0 Å². The number of nitrogens with one attached hydrogen (secondary N) is 1. The van der Waals surface area contributed by atoms with Crippen LogP contribution in [0.15, 0.2) is 102 Å². The maximum atomic E-state index is 12.9. The summed E-state index contributed by atoms with van der Waals surface area (Å²) in [6.07, 6.45) is 14.8. The maximum absolute atomic E-state index is 12.9. The van der Waals surface area contributed by atoms with Crippen molar-refractivity contribution in [3.63, 3.8) is 0 Å². The second kappa shape index (κ2) is 16.5.